The van der Waals surface area contributed by atoms with E-state index in [9.17, 15) is 31.5 Å². The molecule has 3 heterocycles. The Bertz CT molecular complexity index is 1560. The number of alkyl halides is 5. The van der Waals surface area contributed by atoms with E-state index in [-0.39, 0.29) is 32.8 Å². The molecule has 3 N–H and O–H groups in total. The number of amides is 2. The van der Waals surface area contributed by atoms with Crippen molar-refractivity contribution in [2.75, 3.05) is 5.32 Å². The Hall–Kier alpha value is -3.87. The zero-order valence-electron chi connectivity index (χ0n) is 20.3. The largest absolute Gasteiger partial charge is 0.435 e. The fourth-order valence-electron chi connectivity index (χ4n) is 4.89. The summed E-state index contributed by atoms with van der Waals surface area (Å²) in [5.41, 5.74) is 5.28. The summed E-state index contributed by atoms with van der Waals surface area (Å²) < 4.78 is 69.4. The maximum Gasteiger partial charge on any atom is 0.435 e. The summed E-state index contributed by atoms with van der Waals surface area (Å²) in [7, 11) is 0. The van der Waals surface area contributed by atoms with Crippen LogP contribution < -0.4 is 11.1 Å². The van der Waals surface area contributed by atoms with Crippen molar-refractivity contribution in [1.29, 1.82) is 0 Å². The topological polar surface area (TPSA) is 103 Å². The highest BCUT2D eigenvalue weighted by Crippen LogP contribution is 2.42. The van der Waals surface area contributed by atoms with E-state index in [0.717, 1.165) is 22.4 Å². The number of aromatic nitrogens is 3. The van der Waals surface area contributed by atoms with E-state index in [1.54, 1.807) is 30.3 Å². The molecular weight excluding hydrogens is 541 g/mol. The van der Waals surface area contributed by atoms with E-state index in [2.05, 4.69) is 15.4 Å². The zero-order chi connectivity index (χ0) is 27.9. The predicted molar refractivity (Wildman–Crippen MR) is 136 cm³/mol. The van der Waals surface area contributed by atoms with Crippen molar-refractivity contribution in [1.82, 2.24) is 14.8 Å². The molecule has 39 heavy (non-hydrogen) atoms. The number of fused-ring (bicyclic) bond motifs is 2. The van der Waals surface area contributed by atoms with Crippen LogP contribution >= 0.6 is 11.3 Å². The van der Waals surface area contributed by atoms with Gasteiger partial charge < -0.3 is 11.1 Å². The van der Waals surface area contributed by atoms with Gasteiger partial charge in [0.25, 0.3) is 12.3 Å². The Balaban J connectivity index is 1.59. The Kier molecular flexibility index (Phi) is 7.10. The van der Waals surface area contributed by atoms with Gasteiger partial charge in [0, 0.05) is 16.6 Å². The van der Waals surface area contributed by atoms with Gasteiger partial charge in [0.05, 0.1) is 5.69 Å². The Morgan fingerprint density at radius 3 is 2.49 bits per heavy atom. The number of carbonyl (C=O) groups is 2. The van der Waals surface area contributed by atoms with E-state index >= 15 is 0 Å². The third kappa shape index (κ3) is 5.22. The van der Waals surface area contributed by atoms with Crippen LogP contribution in [0.3, 0.4) is 0 Å². The lowest BCUT2D eigenvalue weighted by molar-refractivity contribution is -0.142. The summed E-state index contributed by atoms with van der Waals surface area (Å²) in [6, 6.07) is 9.67. The van der Waals surface area contributed by atoms with Crippen LogP contribution in [-0.2, 0) is 30.4 Å². The van der Waals surface area contributed by atoms with Crippen molar-refractivity contribution in [2.45, 2.75) is 51.3 Å². The van der Waals surface area contributed by atoms with E-state index in [1.807, 2.05) is 0 Å². The zero-order valence-corrected chi connectivity index (χ0v) is 21.1. The molecule has 1 aliphatic carbocycles. The van der Waals surface area contributed by atoms with Crippen LogP contribution in [0.1, 0.15) is 58.0 Å². The smallest absolute Gasteiger partial charge is 0.365 e. The van der Waals surface area contributed by atoms with Crippen molar-refractivity contribution in [3.05, 3.63) is 63.9 Å². The van der Waals surface area contributed by atoms with E-state index in [0.29, 0.717) is 36.1 Å². The van der Waals surface area contributed by atoms with Crippen LogP contribution in [0.25, 0.3) is 21.3 Å². The summed E-state index contributed by atoms with van der Waals surface area (Å²) in [4.78, 5) is 29.4. The lowest BCUT2D eigenvalue weighted by Gasteiger charge is -2.12. The normalized spacial score (nSPS) is 13.9. The number of nitrogens with zero attached hydrogens (tertiary/aromatic N) is 3. The summed E-state index contributed by atoms with van der Waals surface area (Å²) in [6.45, 7) is -0.544. The van der Waals surface area contributed by atoms with Crippen molar-refractivity contribution in [3.63, 3.8) is 0 Å². The van der Waals surface area contributed by atoms with E-state index in [1.165, 1.54) is 6.07 Å². The van der Waals surface area contributed by atoms with Gasteiger partial charge in [-0.25, -0.2) is 13.8 Å². The second-order valence-electron chi connectivity index (χ2n) is 9.15. The summed E-state index contributed by atoms with van der Waals surface area (Å²) in [5.74, 6) is -1.67. The number of primary amides is 1. The molecule has 204 valence electrons. The van der Waals surface area contributed by atoms with Crippen LogP contribution in [0.2, 0.25) is 0 Å². The first-order chi connectivity index (χ1) is 18.5. The Morgan fingerprint density at radius 1 is 1.10 bits per heavy atom. The third-order valence-electron chi connectivity index (χ3n) is 6.55. The second kappa shape index (κ2) is 10.4. The van der Waals surface area contributed by atoms with Gasteiger partial charge in [-0.2, -0.15) is 18.3 Å². The minimum Gasteiger partial charge on any atom is -0.365 e. The van der Waals surface area contributed by atoms with Crippen LogP contribution in [0, 0.1) is 0 Å². The van der Waals surface area contributed by atoms with Crippen molar-refractivity contribution in [2.24, 2.45) is 5.73 Å². The molecule has 5 rings (SSSR count). The number of nitrogens with two attached hydrogens (primary N) is 1. The molecule has 1 aliphatic rings. The van der Waals surface area contributed by atoms with E-state index in [4.69, 9.17) is 5.73 Å². The predicted octanol–water partition coefficient (Wildman–Crippen LogP) is 6.12. The molecule has 0 fully saturated rings. The number of carbonyl (C=O) groups excluding carboxylic acids is 2. The molecule has 0 unspecified atom stereocenters. The minimum atomic E-state index is -4.67. The number of benzene rings is 1. The number of thiophene rings is 1. The number of hydrogen-bond acceptors (Lipinski definition) is 5. The Morgan fingerprint density at radius 2 is 1.82 bits per heavy atom. The SMILES string of the molecule is NC(=O)c1sc2nc(C(F)F)cc(-c3ccccc3)c2c1NC(=O)Cn1nc(C(F)(F)F)c2c1CCCCC2. The number of rotatable bonds is 6. The van der Waals surface area contributed by atoms with Gasteiger partial charge in [0.1, 0.15) is 21.9 Å². The van der Waals surface area contributed by atoms with Gasteiger partial charge in [-0.15, -0.1) is 11.3 Å². The van der Waals surface area contributed by atoms with Gasteiger partial charge in [-0.05, 0) is 42.9 Å². The first-order valence-corrected chi connectivity index (χ1v) is 12.9. The molecule has 2 amide bonds. The molecule has 1 aromatic carbocycles. The van der Waals surface area contributed by atoms with Gasteiger partial charge in [-0.1, -0.05) is 36.8 Å². The number of hydrogen-bond donors (Lipinski definition) is 2. The van der Waals surface area contributed by atoms with E-state index < -0.39 is 42.3 Å². The number of nitrogens with one attached hydrogen (secondary N) is 1. The van der Waals surface area contributed by atoms with Crippen LogP contribution in [0.5, 0.6) is 0 Å². The van der Waals surface area contributed by atoms with Gasteiger partial charge in [0.15, 0.2) is 5.69 Å². The summed E-state index contributed by atoms with van der Waals surface area (Å²) >= 11 is 0.749. The maximum atomic E-state index is 13.7. The van der Waals surface area contributed by atoms with Crippen molar-refractivity contribution < 1.29 is 31.5 Å². The fraction of sp³-hybridized carbons (Fsp3) is 0.308. The van der Waals surface area contributed by atoms with Crippen LogP contribution in [-0.4, -0.2) is 26.6 Å². The number of halogens is 5. The quantitative estimate of drug-likeness (QED) is 0.218. The number of anilines is 1. The summed E-state index contributed by atoms with van der Waals surface area (Å²) in [6.07, 6.45) is -4.99. The van der Waals surface area contributed by atoms with Crippen LogP contribution in [0.4, 0.5) is 27.6 Å². The molecule has 4 aromatic rings. The van der Waals surface area contributed by atoms with Crippen molar-refractivity contribution >= 4 is 39.1 Å². The molecule has 7 nitrogen and oxygen atoms in total. The molecule has 13 heteroatoms. The fourth-order valence-corrected chi connectivity index (χ4v) is 5.90. The highest BCUT2D eigenvalue weighted by Gasteiger charge is 2.39. The van der Waals surface area contributed by atoms with Gasteiger partial charge in [0.2, 0.25) is 5.91 Å². The molecule has 0 atom stereocenters. The number of pyridine rings is 1. The van der Waals surface area contributed by atoms with Gasteiger partial charge >= 0.3 is 6.18 Å². The minimum absolute atomic E-state index is 0.0334. The highest BCUT2D eigenvalue weighted by atomic mass is 32.1. The van der Waals surface area contributed by atoms with Crippen molar-refractivity contribution in [3.8, 4) is 11.1 Å². The molecule has 0 saturated heterocycles. The lowest BCUT2D eigenvalue weighted by Crippen LogP contribution is -2.23. The van der Waals surface area contributed by atoms with Crippen LogP contribution in [0.15, 0.2) is 36.4 Å². The lowest BCUT2D eigenvalue weighted by atomic mass is 10.0. The van der Waals surface area contributed by atoms with Gasteiger partial charge in [-0.3, -0.25) is 14.3 Å². The first kappa shape index (κ1) is 26.7. The average molecular weight is 564 g/mol. The molecule has 0 radical (unpaired) electrons. The molecule has 0 bridgehead atoms. The molecular formula is C26H22F5N5O2S. The first-order valence-electron chi connectivity index (χ1n) is 12.1. The molecule has 0 saturated carbocycles. The standard InChI is InChI=1S/C26H22F5N5O2S/c27-23(28)16-11-15(13-7-3-1-4-8-13)19-20(21(24(32)38)39-25(19)33-16)34-18(37)12-36-17-10-6-2-5-9-14(17)22(35-36)26(29,30)31/h1,3-4,7-8,11,23H,2,5-6,9-10,12H2,(H2,32,38)(H,34,37). The summed E-state index contributed by atoms with van der Waals surface area (Å²) in [5, 5.41) is 6.56. The molecule has 3 aromatic heterocycles. The Labute approximate surface area is 222 Å². The third-order valence-corrected chi connectivity index (χ3v) is 7.65. The molecule has 0 aliphatic heterocycles. The monoisotopic (exact) mass is 563 g/mol. The highest BCUT2D eigenvalue weighted by molar-refractivity contribution is 7.21. The maximum absolute atomic E-state index is 13.7. The average Bonchev–Trinajstić information content (AvgIpc) is 3.31. The second-order valence-corrected chi connectivity index (χ2v) is 10.1. The molecule has 0 spiro atoms.